The minimum atomic E-state index is -1.01. The zero-order valence-electron chi connectivity index (χ0n) is 19.3. The normalized spacial score (nSPS) is 12.5. The fourth-order valence-corrected chi connectivity index (χ4v) is 3.41. The molecule has 3 atom stereocenters. The summed E-state index contributed by atoms with van der Waals surface area (Å²) in [4.78, 5) is 31.5. The van der Waals surface area contributed by atoms with Gasteiger partial charge in [-0.1, -0.05) is 0 Å². The van der Waals surface area contributed by atoms with Gasteiger partial charge < -0.3 is 48.5 Å². The molecule has 0 amide bonds. The highest BCUT2D eigenvalue weighted by molar-refractivity contribution is 8.23. The topological polar surface area (TPSA) is 229 Å². The zero-order valence-corrected chi connectivity index (χ0v) is 21.7. The molecule has 3 radical (unpaired) electrons. The second-order valence-electron chi connectivity index (χ2n) is 5.64. The van der Waals surface area contributed by atoms with Gasteiger partial charge in [0.15, 0.2) is 0 Å². The molecule has 0 aliphatic carbocycles. The second kappa shape index (κ2) is 27.7. The summed E-state index contributed by atoms with van der Waals surface area (Å²) in [5.41, 5.74) is 20.8. The SMILES string of the molecule is CNC([B]SCCN)C(=O)O.CNC([B]SCCN)C(=O)OC.NCCS[B]C(N)C(=O)O. The third-order valence-corrected chi connectivity index (χ3v) is 5.87. The van der Waals surface area contributed by atoms with E-state index in [9.17, 15) is 14.4 Å². The third kappa shape index (κ3) is 25.9. The van der Waals surface area contributed by atoms with E-state index in [1.165, 1.54) is 48.5 Å². The number of aliphatic carboxylic acids is 2. The van der Waals surface area contributed by atoms with Crippen molar-refractivity contribution in [3.63, 3.8) is 0 Å². The maximum Gasteiger partial charge on any atom is 0.315 e. The maximum atomic E-state index is 11.0. The lowest BCUT2D eigenvalue weighted by molar-refractivity contribution is -0.141. The summed E-state index contributed by atoms with van der Waals surface area (Å²) in [5.74, 6) is -1.67. The number of carbonyl (C=O) groups excluding carboxylic acids is 1. The number of ether oxygens (including phenoxy) is 1. The molecule has 0 aromatic rings. The van der Waals surface area contributed by atoms with Crippen molar-refractivity contribution in [1.29, 1.82) is 0 Å². The molecule has 3 unspecified atom stereocenters. The van der Waals surface area contributed by atoms with Crippen LogP contribution in [0.2, 0.25) is 0 Å². The third-order valence-electron chi connectivity index (χ3n) is 3.04. The van der Waals surface area contributed by atoms with Crippen LogP contribution in [0.15, 0.2) is 0 Å². The molecule has 0 aliphatic heterocycles. The molecule has 0 spiro atoms. The lowest BCUT2D eigenvalue weighted by atomic mass is 9.95. The summed E-state index contributed by atoms with van der Waals surface area (Å²) in [6.07, 6.45) is 0. The Morgan fingerprint density at radius 2 is 1.21 bits per heavy atom. The molecule has 0 rings (SSSR count). The molecule has 0 bridgehead atoms. The van der Waals surface area contributed by atoms with Crippen LogP contribution >= 0.6 is 34.8 Å². The average molecular weight is 525 g/mol. The first-order chi connectivity index (χ1) is 15.7. The average Bonchev–Trinajstić information content (AvgIpc) is 2.80. The molecule has 0 aromatic heterocycles. The number of nitrogens with two attached hydrogens (primary N) is 4. The first-order valence-corrected chi connectivity index (χ1v) is 12.9. The molecule has 0 aromatic carbocycles. The molecule has 0 saturated carbocycles. The van der Waals surface area contributed by atoms with Crippen LogP contribution in [0.5, 0.6) is 0 Å². The van der Waals surface area contributed by atoms with Crippen molar-refractivity contribution in [2.75, 3.05) is 58.1 Å². The van der Waals surface area contributed by atoms with Crippen LogP contribution in [0, 0.1) is 0 Å². The number of carbonyl (C=O) groups is 3. The number of likely N-dealkylation sites (N-methyl/N-ethyl adjacent to an activating group) is 2. The number of rotatable bonds is 17. The van der Waals surface area contributed by atoms with E-state index < -0.39 is 23.8 Å². The van der Waals surface area contributed by atoms with Crippen LogP contribution in [0.4, 0.5) is 0 Å². The molecular weight excluding hydrogens is 489 g/mol. The van der Waals surface area contributed by atoms with Gasteiger partial charge in [0.25, 0.3) is 0 Å². The molecule has 0 saturated heterocycles. The Balaban J connectivity index is -0.000000411. The van der Waals surface area contributed by atoms with Crippen LogP contribution in [0.3, 0.4) is 0 Å². The Hall–Kier alpha value is -0.585. The molecular formula is C15H36B3N6O6S3. The molecule has 189 valence electrons. The van der Waals surface area contributed by atoms with Crippen molar-refractivity contribution in [2.24, 2.45) is 22.9 Å². The summed E-state index contributed by atoms with van der Waals surface area (Å²) in [6.45, 7) is 6.60. The van der Waals surface area contributed by atoms with E-state index in [1.807, 2.05) is 0 Å². The Kier molecular flexibility index (Phi) is 31.0. The van der Waals surface area contributed by atoms with Crippen LogP contribution < -0.4 is 33.6 Å². The molecule has 0 fully saturated rings. The summed E-state index contributed by atoms with van der Waals surface area (Å²) < 4.78 is 4.56. The Morgan fingerprint density at radius 1 is 0.818 bits per heavy atom. The number of hydrogen-bond acceptors (Lipinski definition) is 13. The standard InChI is InChI=1S/C6H14BN2O2S.C5H12BN2O2S.C4H10BN2O2S/c1-9-5(6(10)11-2)7-12-4-3-8;1-8-4(5(9)10)6-11-3-2-7;6-1-2-10-5-3(7)4(8)9/h5,9H,3-4,8H2,1-2H3;4,8H,2-3,7H2,1H3,(H,9,10);3H,1-2,6-7H2,(H,8,9). The number of nitrogens with one attached hydrogen (secondary N) is 2. The first kappa shape index (κ1) is 37.0. The predicted octanol–water partition coefficient (Wildman–Crippen LogP) is -3.39. The number of hydrogen-bond donors (Lipinski definition) is 8. The van der Waals surface area contributed by atoms with Crippen molar-refractivity contribution >= 4 is 72.4 Å². The highest BCUT2D eigenvalue weighted by Gasteiger charge is 2.17. The Morgan fingerprint density at radius 3 is 1.52 bits per heavy atom. The van der Waals surface area contributed by atoms with E-state index in [2.05, 4.69) is 15.4 Å². The smallest absolute Gasteiger partial charge is 0.315 e. The summed E-state index contributed by atoms with van der Waals surface area (Å²) in [5, 5.41) is 22.3. The van der Waals surface area contributed by atoms with E-state index in [4.69, 9.17) is 33.1 Å². The largest absolute Gasteiger partial charge is 0.481 e. The van der Waals surface area contributed by atoms with E-state index in [0.717, 1.165) is 11.5 Å². The summed E-state index contributed by atoms with van der Waals surface area (Å²) in [6, 6.07) is 0. The van der Waals surface area contributed by atoms with Gasteiger partial charge in [-0.3, -0.25) is 14.4 Å². The highest BCUT2D eigenvalue weighted by Crippen LogP contribution is 1.99. The van der Waals surface area contributed by atoms with Crippen LogP contribution in [-0.4, -0.2) is 124 Å². The fraction of sp³-hybridized carbons (Fsp3) is 0.800. The van der Waals surface area contributed by atoms with Crippen LogP contribution in [0.1, 0.15) is 0 Å². The fourth-order valence-electron chi connectivity index (χ4n) is 1.38. The van der Waals surface area contributed by atoms with Crippen molar-refractivity contribution in [3.05, 3.63) is 0 Å². The number of methoxy groups -OCH3 is 1. The van der Waals surface area contributed by atoms with Gasteiger partial charge in [0.1, 0.15) is 0 Å². The molecule has 0 aliphatic rings. The summed E-state index contributed by atoms with van der Waals surface area (Å²) >= 11 is 4.27. The molecule has 0 heterocycles. The Bertz CT molecular complexity index is 508. The van der Waals surface area contributed by atoms with Gasteiger partial charge in [0.05, 0.1) is 24.9 Å². The number of carboxylic acid groups (broad SMARTS) is 2. The van der Waals surface area contributed by atoms with Crippen LogP contribution in [-0.2, 0) is 19.1 Å². The van der Waals surface area contributed by atoms with E-state index in [0.29, 0.717) is 25.4 Å². The predicted molar refractivity (Wildman–Crippen MR) is 143 cm³/mol. The quantitative estimate of drug-likeness (QED) is 0.0526. The zero-order chi connectivity index (χ0) is 26.1. The van der Waals surface area contributed by atoms with Gasteiger partial charge in [0, 0.05) is 19.6 Å². The summed E-state index contributed by atoms with van der Waals surface area (Å²) in [7, 11) is 4.69. The maximum absolute atomic E-state index is 11.0. The van der Waals surface area contributed by atoms with Gasteiger partial charge in [-0.15, -0.1) is 0 Å². The van der Waals surface area contributed by atoms with Crippen molar-refractivity contribution in [1.82, 2.24) is 10.6 Å². The van der Waals surface area contributed by atoms with Gasteiger partial charge in [-0.05, 0) is 31.4 Å². The van der Waals surface area contributed by atoms with Gasteiger partial charge >= 0.3 is 17.9 Å². The minimum absolute atomic E-state index is 0.276. The van der Waals surface area contributed by atoms with Gasteiger partial charge in [0.2, 0.25) is 19.7 Å². The van der Waals surface area contributed by atoms with Crippen molar-refractivity contribution in [2.45, 2.75) is 17.8 Å². The Labute approximate surface area is 211 Å². The van der Waals surface area contributed by atoms with Gasteiger partial charge in [-0.25, -0.2) is 34.8 Å². The minimum Gasteiger partial charge on any atom is -0.481 e. The second-order valence-corrected chi connectivity index (χ2v) is 8.69. The van der Waals surface area contributed by atoms with Gasteiger partial charge in [-0.2, -0.15) is 0 Å². The lowest BCUT2D eigenvalue weighted by Gasteiger charge is -2.11. The molecule has 12 N–H and O–H groups in total. The lowest BCUT2D eigenvalue weighted by Crippen LogP contribution is -2.39. The van der Waals surface area contributed by atoms with E-state index in [-0.39, 0.29) is 11.9 Å². The molecule has 33 heavy (non-hydrogen) atoms. The van der Waals surface area contributed by atoms with Crippen molar-refractivity contribution in [3.8, 4) is 0 Å². The number of carboxylic acids is 2. The van der Waals surface area contributed by atoms with E-state index >= 15 is 0 Å². The molecule has 18 heteroatoms. The monoisotopic (exact) mass is 525 g/mol. The number of esters is 1. The van der Waals surface area contributed by atoms with Crippen LogP contribution in [0.25, 0.3) is 0 Å². The van der Waals surface area contributed by atoms with E-state index in [1.54, 1.807) is 27.2 Å². The highest BCUT2D eigenvalue weighted by atomic mass is 32.2. The molecule has 12 nitrogen and oxygen atoms in total. The van der Waals surface area contributed by atoms with Crippen molar-refractivity contribution < 1.29 is 29.3 Å². The first-order valence-electron chi connectivity index (χ1n) is 9.75.